The molecule has 1 saturated heterocycles. The highest BCUT2D eigenvalue weighted by Gasteiger charge is 2.22. The molecule has 7 heteroatoms. The van der Waals surface area contributed by atoms with Crippen LogP contribution in [0.4, 0.5) is 0 Å². The Kier molecular flexibility index (Phi) is 6.65. The summed E-state index contributed by atoms with van der Waals surface area (Å²) < 4.78 is 1.90. The van der Waals surface area contributed by atoms with Crippen LogP contribution >= 0.6 is 23.2 Å². The molecule has 1 aliphatic rings. The van der Waals surface area contributed by atoms with Crippen LogP contribution in [0.3, 0.4) is 0 Å². The van der Waals surface area contributed by atoms with Crippen molar-refractivity contribution < 1.29 is 4.79 Å². The molecule has 4 rings (SSSR count). The minimum absolute atomic E-state index is 0.0816. The van der Waals surface area contributed by atoms with Gasteiger partial charge in [0.1, 0.15) is 0 Å². The molecule has 0 aliphatic carbocycles. The number of aryl methyl sites for hydroxylation is 1. The smallest absolute Gasteiger partial charge is 0.253 e. The van der Waals surface area contributed by atoms with Crippen molar-refractivity contribution in [1.82, 2.24) is 19.6 Å². The summed E-state index contributed by atoms with van der Waals surface area (Å²) in [7, 11) is 0. The molecule has 0 bridgehead atoms. The van der Waals surface area contributed by atoms with Gasteiger partial charge in [-0.1, -0.05) is 53.5 Å². The quantitative estimate of drug-likeness (QED) is 0.552. The number of carbonyl (C=O) groups excluding carboxylic acids is 1. The van der Waals surface area contributed by atoms with Gasteiger partial charge in [0.25, 0.3) is 5.91 Å². The molecule has 0 unspecified atom stereocenters. The summed E-state index contributed by atoms with van der Waals surface area (Å²) >= 11 is 12.5. The van der Waals surface area contributed by atoms with E-state index in [1.54, 1.807) is 0 Å². The van der Waals surface area contributed by atoms with E-state index in [2.05, 4.69) is 16.1 Å². The van der Waals surface area contributed by atoms with Crippen molar-refractivity contribution in [2.24, 2.45) is 0 Å². The fourth-order valence-electron chi connectivity index (χ4n) is 3.91. The molecular weight excluding hydrogens is 431 g/mol. The lowest BCUT2D eigenvalue weighted by molar-refractivity contribution is 0.0628. The first-order valence-corrected chi connectivity index (χ1v) is 11.2. The summed E-state index contributed by atoms with van der Waals surface area (Å²) in [4.78, 5) is 17.2. The normalized spacial score (nSPS) is 14.8. The van der Waals surface area contributed by atoms with E-state index in [4.69, 9.17) is 23.2 Å². The highest BCUT2D eigenvalue weighted by Crippen LogP contribution is 2.21. The zero-order valence-corrected chi connectivity index (χ0v) is 19.3. The van der Waals surface area contributed by atoms with E-state index in [0.29, 0.717) is 11.6 Å². The number of aromatic nitrogens is 2. The maximum Gasteiger partial charge on any atom is 0.253 e. The molecule has 0 N–H and O–H groups in total. The second kappa shape index (κ2) is 9.43. The van der Waals surface area contributed by atoms with Gasteiger partial charge in [0.2, 0.25) is 0 Å². The van der Waals surface area contributed by atoms with E-state index in [1.807, 2.05) is 65.9 Å². The number of amides is 1. The first-order valence-electron chi connectivity index (χ1n) is 10.5. The third-order valence-electron chi connectivity index (χ3n) is 5.84. The van der Waals surface area contributed by atoms with E-state index >= 15 is 0 Å². The molecule has 1 amide bonds. The SMILES string of the molecule is Cc1nn(Cc2ccc(C(=O)N3CCN(Cc4ccccc4Cl)CC3)cc2)c(C)c1Cl. The van der Waals surface area contributed by atoms with E-state index in [0.717, 1.165) is 65.8 Å². The molecule has 1 fully saturated rings. The number of carbonyl (C=O) groups is 1. The van der Waals surface area contributed by atoms with Gasteiger partial charge in [0.05, 0.1) is 23.0 Å². The maximum atomic E-state index is 12.9. The maximum absolute atomic E-state index is 12.9. The predicted molar refractivity (Wildman–Crippen MR) is 125 cm³/mol. The van der Waals surface area contributed by atoms with Crippen LogP contribution in [0.15, 0.2) is 48.5 Å². The Balaban J connectivity index is 1.33. The largest absolute Gasteiger partial charge is 0.336 e. The molecule has 5 nitrogen and oxygen atoms in total. The molecule has 0 spiro atoms. The van der Waals surface area contributed by atoms with E-state index < -0.39 is 0 Å². The molecular formula is C24H26Cl2N4O. The second-order valence-corrected chi connectivity index (χ2v) is 8.78. The van der Waals surface area contributed by atoms with Gasteiger partial charge in [-0.05, 0) is 43.2 Å². The Morgan fingerprint density at radius 2 is 1.61 bits per heavy atom. The van der Waals surface area contributed by atoms with Gasteiger partial charge in [0, 0.05) is 43.3 Å². The highest BCUT2D eigenvalue weighted by atomic mass is 35.5. The number of hydrogen-bond donors (Lipinski definition) is 0. The third-order valence-corrected chi connectivity index (χ3v) is 6.75. The molecule has 31 heavy (non-hydrogen) atoms. The van der Waals surface area contributed by atoms with Gasteiger partial charge in [-0.25, -0.2) is 0 Å². The van der Waals surface area contributed by atoms with Crippen LogP contribution in [-0.2, 0) is 13.1 Å². The third kappa shape index (κ3) is 4.95. The fraction of sp³-hybridized carbons (Fsp3) is 0.333. The van der Waals surface area contributed by atoms with Crippen molar-refractivity contribution in [3.8, 4) is 0 Å². The number of hydrogen-bond acceptors (Lipinski definition) is 3. The van der Waals surface area contributed by atoms with Gasteiger partial charge in [0.15, 0.2) is 0 Å². The van der Waals surface area contributed by atoms with Gasteiger partial charge in [-0.3, -0.25) is 14.4 Å². The number of benzene rings is 2. The summed E-state index contributed by atoms with van der Waals surface area (Å²) in [6.45, 7) is 8.43. The van der Waals surface area contributed by atoms with Gasteiger partial charge < -0.3 is 4.90 Å². The molecule has 1 aromatic heterocycles. The first-order chi connectivity index (χ1) is 14.9. The molecule has 0 radical (unpaired) electrons. The zero-order chi connectivity index (χ0) is 22.0. The van der Waals surface area contributed by atoms with Gasteiger partial charge in [-0.15, -0.1) is 0 Å². The topological polar surface area (TPSA) is 41.4 Å². The standard InChI is InChI=1S/C24H26Cl2N4O/c1-17-23(26)18(2)30(27-17)15-19-7-9-20(10-8-19)24(31)29-13-11-28(12-14-29)16-21-5-3-4-6-22(21)25/h3-10H,11-16H2,1-2H3. The average molecular weight is 457 g/mol. The summed E-state index contributed by atoms with van der Waals surface area (Å²) in [5.74, 6) is 0.0816. The fourth-order valence-corrected chi connectivity index (χ4v) is 4.24. The molecule has 162 valence electrons. The Labute approximate surface area is 193 Å². The lowest BCUT2D eigenvalue weighted by Gasteiger charge is -2.35. The van der Waals surface area contributed by atoms with E-state index in [9.17, 15) is 4.79 Å². The van der Waals surface area contributed by atoms with Crippen LogP contribution in [-0.4, -0.2) is 51.7 Å². The van der Waals surface area contributed by atoms with Crippen LogP contribution in [0.1, 0.15) is 32.9 Å². The summed E-state index contributed by atoms with van der Waals surface area (Å²) in [5, 5.41) is 5.98. The Morgan fingerprint density at radius 3 is 2.23 bits per heavy atom. The van der Waals surface area contributed by atoms with Crippen molar-refractivity contribution in [3.63, 3.8) is 0 Å². The van der Waals surface area contributed by atoms with Crippen LogP contribution < -0.4 is 0 Å². The first kappa shape index (κ1) is 21.9. The lowest BCUT2D eigenvalue weighted by atomic mass is 10.1. The van der Waals surface area contributed by atoms with Crippen LogP contribution in [0.2, 0.25) is 10.0 Å². The van der Waals surface area contributed by atoms with Crippen molar-refractivity contribution in [2.75, 3.05) is 26.2 Å². The Bertz CT molecular complexity index is 1070. The van der Waals surface area contributed by atoms with Crippen molar-refractivity contribution in [3.05, 3.63) is 86.7 Å². The van der Waals surface area contributed by atoms with Crippen LogP contribution in [0.5, 0.6) is 0 Å². The van der Waals surface area contributed by atoms with Crippen LogP contribution in [0.25, 0.3) is 0 Å². The van der Waals surface area contributed by atoms with Crippen molar-refractivity contribution in [2.45, 2.75) is 26.9 Å². The summed E-state index contributed by atoms with van der Waals surface area (Å²) in [6.07, 6.45) is 0. The molecule has 2 aromatic carbocycles. The molecule has 0 saturated carbocycles. The Morgan fingerprint density at radius 1 is 0.935 bits per heavy atom. The van der Waals surface area contributed by atoms with Gasteiger partial charge in [-0.2, -0.15) is 5.10 Å². The summed E-state index contributed by atoms with van der Waals surface area (Å²) in [6, 6.07) is 15.7. The summed E-state index contributed by atoms with van der Waals surface area (Å²) in [5.41, 5.74) is 4.72. The second-order valence-electron chi connectivity index (χ2n) is 8.00. The van der Waals surface area contributed by atoms with E-state index in [-0.39, 0.29) is 5.91 Å². The van der Waals surface area contributed by atoms with Crippen LogP contribution in [0, 0.1) is 13.8 Å². The number of piperazine rings is 1. The number of nitrogens with zero attached hydrogens (tertiary/aromatic N) is 4. The van der Waals surface area contributed by atoms with Gasteiger partial charge >= 0.3 is 0 Å². The zero-order valence-electron chi connectivity index (χ0n) is 17.8. The molecule has 2 heterocycles. The Hall–Kier alpha value is -2.34. The van der Waals surface area contributed by atoms with Crippen molar-refractivity contribution >= 4 is 29.1 Å². The minimum atomic E-state index is 0.0816. The average Bonchev–Trinajstić information content (AvgIpc) is 3.02. The highest BCUT2D eigenvalue weighted by molar-refractivity contribution is 6.32. The monoisotopic (exact) mass is 456 g/mol. The number of rotatable bonds is 5. The van der Waals surface area contributed by atoms with E-state index in [1.165, 1.54) is 0 Å². The predicted octanol–water partition coefficient (Wildman–Crippen LogP) is 4.81. The van der Waals surface area contributed by atoms with Crippen molar-refractivity contribution in [1.29, 1.82) is 0 Å². The minimum Gasteiger partial charge on any atom is -0.336 e. The number of halogens is 2. The molecule has 3 aromatic rings. The molecule has 1 aliphatic heterocycles. The molecule has 0 atom stereocenters. The lowest BCUT2D eigenvalue weighted by Crippen LogP contribution is -2.48.